The maximum Gasteiger partial charge on any atom is 0.243 e. The third-order valence-electron chi connectivity index (χ3n) is 4.16. The summed E-state index contributed by atoms with van der Waals surface area (Å²) in [6.45, 7) is 6.01. The van der Waals surface area contributed by atoms with E-state index in [0.29, 0.717) is 6.04 Å². The summed E-state index contributed by atoms with van der Waals surface area (Å²) in [5.41, 5.74) is 3.90. The highest BCUT2D eigenvalue weighted by atomic mass is 16.2. The van der Waals surface area contributed by atoms with Crippen LogP contribution in [-0.2, 0) is 14.4 Å². The highest BCUT2D eigenvalue weighted by Gasteiger charge is 2.23. The lowest BCUT2D eigenvalue weighted by Crippen LogP contribution is -2.43. The number of anilines is 1. The third-order valence-corrected chi connectivity index (χ3v) is 4.16. The predicted molar refractivity (Wildman–Crippen MR) is 101 cm³/mol. The van der Waals surface area contributed by atoms with Gasteiger partial charge in [0, 0.05) is 11.7 Å². The van der Waals surface area contributed by atoms with Gasteiger partial charge in [0.2, 0.25) is 17.7 Å². The van der Waals surface area contributed by atoms with Gasteiger partial charge < -0.3 is 16.0 Å². The summed E-state index contributed by atoms with van der Waals surface area (Å²) in [5.74, 6) is -0.646. The predicted octanol–water partition coefficient (Wildman–Crippen LogP) is 0.877. The standard InChI is InChI=1S/C19H28N4O3/c1-12-7-13(2)19(14(3)8-12)22-16(24)9-20-17(25)10-23(4)11-18(26)21-15-5-6-15/h7-8,15H,5-6,9-11H2,1-4H3,(H,20,25)(H,21,26)(H,22,24). The van der Waals surface area contributed by atoms with Crippen LogP contribution in [0.1, 0.15) is 29.5 Å². The topological polar surface area (TPSA) is 90.5 Å². The van der Waals surface area contributed by atoms with Crippen molar-refractivity contribution in [2.75, 3.05) is 32.0 Å². The Balaban J connectivity index is 1.72. The fraction of sp³-hybridized carbons (Fsp3) is 0.526. The van der Waals surface area contributed by atoms with Gasteiger partial charge in [-0.1, -0.05) is 17.7 Å². The Labute approximate surface area is 154 Å². The molecule has 0 bridgehead atoms. The summed E-state index contributed by atoms with van der Waals surface area (Å²) in [6, 6.07) is 4.31. The first-order chi connectivity index (χ1) is 12.2. The lowest BCUT2D eigenvalue weighted by atomic mass is 10.1. The largest absolute Gasteiger partial charge is 0.352 e. The van der Waals surface area contributed by atoms with Gasteiger partial charge in [-0.25, -0.2) is 0 Å². The first kappa shape index (κ1) is 19.9. The number of amides is 3. The minimum Gasteiger partial charge on any atom is -0.352 e. The second-order valence-corrected chi connectivity index (χ2v) is 7.11. The van der Waals surface area contributed by atoms with Gasteiger partial charge >= 0.3 is 0 Å². The Morgan fingerprint density at radius 3 is 2.15 bits per heavy atom. The first-order valence-corrected chi connectivity index (χ1v) is 8.87. The number of aryl methyl sites for hydroxylation is 3. The molecular weight excluding hydrogens is 332 g/mol. The lowest BCUT2D eigenvalue weighted by Gasteiger charge is -2.16. The number of carbonyl (C=O) groups is 3. The molecule has 3 N–H and O–H groups in total. The molecule has 0 heterocycles. The Kier molecular flexibility index (Phi) is 6.74. The second kappa shape index (κ2) is 8.80. The molecule has 0 spiro atoms. The summed E-state index contributed by atoms with van der Waals surface area (Å²) in [6.07, 6.45) is 2.07. The summed E-state index contributed by atoms with van der Waals surface area (Å²) in [5, 5.41) is 8.30. The first-order valence-electron chi connectivity index (χ1n) is 8.87. The average Bonchev–Trinajstić information content (AvgIpc) is 3.32. The van der Waals surface area contributed by atoms with Crippen LogP contribution in [0.15, 0.2) is 12.1 Å². The SMILES string of the molecule is Cc1cc(C)c(NC(=O)CNC(=O)CN(C)CC(=O)NC2CC2)c(C)c1. The van der Waals surface area contributed by atoms with Crippen LogP contribution < -0.4 is 16.0 Å². The number of likely N-dealkylation sites (N-methyl/N-ethyl adjacent to an activating group) is 1. The van der Waals surface area contributed by atoms with Crippen molar-refractivity contribution in [3.63, 3.8) is 0 Å². The van der Waals surface area contributed by atoms with E-state index in [0.717, 1.165) is 35.2 Å². The van der Waals surface area contributed by atoms with Crippen molar-refractivity contribution in [2.45, 2.75) is 39.7 Å². The van der Waals surface area contributed by atoms with Gasteiger partial charge in [0.15, 0.2) is 0 Å². The highest BCUT2D eigenvalue weighted by molar-refractivity contribution is 5.96. The molecule has 3 amide bonds. The smallest absolute Gasteiger partial charge is 0.243 e. The molecule has 1 saturated carbocycles. The van der Waals surface area contributed by atoms with Gasteiger partial charge in [-0.15, -0.1) is 0 Å². The lowest BCUT2D eigenvalue weighted by molar-refractivity contribution is -0.126. The molecule has 1 aliphatic rings. The van der Waals surface area contributed by atoms with Crippen LogP contribution in [0.25, 0.3) is 0 Å². The number of hydrogen-bond donors (Lipinski definition) is 3. The van der Waals surface area contributed by atoms with Crippen molar-refractivity contribution in [2.24, 2.45) is 0 Å². The summed E-state index contributed by atoms with van der Waals surface area (Å²) < 4.78 is 0. The highest BCUT2D eigenvalue weighted by Crippen LogP contribution is 2.21. The van der Waals surface area contributed by atoms with Crippen molar-refractivity contribution < 1.29 is 14.4 Å². The van der Waals surface area contributed by atoms with E-state index < -0.39 is 0 Å². The maximum absolute atomic E-state index is 12.1. The number of benzene rings is 1. The van der Waals surface area contributed by atoms with E-state index >= 15 is 0 Å². The molecule has 0 aromatic heterocycles. The van der Waals surface area contributed by atoms with Gasteiger partial charge in [-0.05, 0) is 51.8 Å². The number of nitrogens with one attached hydrogen (secondary N) is 3. The van der Waals surface area contributed by atoms with Crippen molar-refractivity contribution in [1.82, 2.24) is 15.5 Å². The molecule has 1 fully saturated rings. The molecule has 1 aromatic rings. The minimum atomic E-state index is -0.292. The molecule has 1 aromatic carbocycles. The molecule has 0 aliphatic heterocycles. The Morgan fingerprint density at radius 1 is 1.00 bits per heavy atom. The Morgan fingerprint density at radius 2 is 1.58 bits per heavy atom. The fourth-order valence-electron chi connectivity index (χ4n) is 2.84. The van der Waals surface area contributed by atoms with Crippen LogP contribution in [0.4, 0.5) is 5.69 Å². The molecule has 1 aliphatic carbocycles. The van der Waals surface area contributed by atoms with Crippen molar-refractivity contribution >= 4 is 23.4 Å². The van der Waals surface area contributed by atoms with Gasteiger partial charge in [-0.3, -0.25) is 19.3 Å². The zero-order valence-corrected chi connectivity index (χ0v) is 15.9. The van der Waals surface area contributed by atoms with Crippen molar-refractivity contribution in [1.29, 1.82) is 0 Å². The van der Waals surface area contributed by atoms with E-state index in [1.54, 1.807) is 11.9 Å². The molecule has 26 heavy (non-hydrogen) atoms. The van der Waals surface area contributed by atoms with Crippen LogP contribution in [0.2, 0.25) is 0 Å². The quantitative estimate of drug-likeness (QED) is 0.642. The van der Waals surface area contributed by atoms with E-state index in [1.807, 2.05) is 32.9 Å². The Hall–Kier alpha value is -2.41. The molecule has 142 valence electrons. The van der Waals surface area contributed by atoms with E-state index in [9.17, 15) is 14.4 Å². The van der Waals surface area contributed by atoms with Crippen LogP contribution in [0.3, 0.4) is 0 Å². The van der Waals surface area contributed by atoms with Crippen LogP contribution in [0, 0.1) is 20.8 Å². The maximum atomic E-state index is 12.1. The molecule has 7 heteroatoms. The summed E-state index contributed by atoms with van der Waals surface area (Å²) in [7, 11) is 1.70. The van der Waals surface area contributed by atoms with Gasteiger partial charge in [-0.2, -0.15) is 0 Å². The molecule has 0 radical (unpaired) electrons. The van der Waals surface area contributed by atoms with E-state index in [2.05, 4.69) is 16.0 Å². The van der Waals surface area contributed by atoms with E-state index in [-0.39, 0.29) is 37.4 Å². The number of rotatable bonds is 8. The molecule has 0 saturated heterocycles. The zero-order valence-electron chi connectivity index (χ0n) is 15.9. The van der Waals surface area contributed by atoms with Crippen molar-refractivity contribution in [3.05, 3.63) is 28.8 Å². The fourth-order valence-corrected chi connectivity index (χ4v) is 2.84. The van der Waals surface area contributed by atoms with Gasteiger partial charge in [0.1, 0.15) is 0 Å². The van der Waals surface area contributed by atoms with E-state index in [1.165, 1.54) is 0 Å². The summed E-state index contributed by atoms with van der Waals surface area (Å²) >= 11 is 0. The molecule has 0 unspecified atom stereocenters. The molecule has 7 nitrogen and oxygen atoms in total. The molecule has 2 rings (SSSR count). The monoisotopic (exact) mass is 360 g/mol. The van der Waals surface area contributed by atoms with Gasteiger partial charge in [0.05, 0.1) is 19.6 Å². The molecule has 0 atom stereocenters. The minimum absolute atomic E-state index is 0.0634. The number of carbonyl (C=O) groups excluding carboxylic acids is 3. The Bertz CT molecular complexity index is 675. The van der Waals surface area contributed by atoms with Crippen molar-refractivity contribution in [3.8, 4) is 0 Å². The summed E-state index contributed by atoms with van der Waals surface area (Å²) in [4.78, 5) is 37.4. The normalized spacial score (nSPS) is 13.4. The van der Waals surface area contributed by atoms with E-state index in [4.69, 9.17) is 0 Å². The number of hydrogen-bond acceptors (Lipinski definition) is 4. The molecular formula is C19H28N4O3. The number of nitrogens with zero attached hydrogens (tertiary/aromatic N) is 1. The van der Waals surface area contributed by atoms with Crippen LogP contribution >= 0.6 is 0 Å². The zero-order chi connectivity index (χ0) is 19.3. The van der Waals surface area contributed by atoms with Gasteiger partial charge in [0.25, 0.3) is 0 Å². The average molecular weight is 360 g/mol. The van der Waals surface area contributed by atoms with Crippen LogP contribution in [-0.4, -0.2) is 55.3 Å². The second-order valence-electron chi connectivity index (χ2n) is 7.11. The van der Waals surface area contributed by atoms with Crippen LogP contribution in [0.5, 0.6) is 0 Å². The third kappa shape index (κ3) is 6.48.